The van der Waals surface area contributed by atoms with Crippen molar-refractivity contribution in [3.63, 3.8) is 0 Å². The van der Waals surface area contributed by atoms with Gasteiger partial charge in [0.05, 0.1) is 16.7 Å². The van der Waals surface area contributed by atoms with Crippen molar-refractivity contribution < 1.29 is 14.1 Å². The Labute approximate surface area is 173 Å². The number of nitrogens with one attached hydrogen (secondary N) is 1. The van der Waals surface area contributed by atoms with Crippen LogP contribution in [0.2, 0.25) is 5.02 Å². The third-order valence-electron chi connectivity index (χ3n) is 3.90. The van der Waals surface area contributed by atoms with Crippen LogP contribution in [0.15, 0.2) is 39.9 Å². The van der Waals surface area contributed by atoms with E-state index in [0.717, 1.165) is 11.3 Å². The summed E-state index contributed by atoms with van der Waals surface area (Å²) < 4.78 is 5.57. The largest absolute Gasteiger partial charge is 0.455 e. The predicted molar refractivity (Wildman–Crippen MR) is 109 cm³/mol. The average molecular weight is 430 g/mol. The Bertz CT molecular complexity index is 1190. The summed E-state index contributed by atoms with van der Waals surface area (Å²) in [5.74, 6) is 0.188. The number of nitro groups is 1. The molecule has 11 heteroatoms. The number of amides is 1. The van der Waals surface area contributed by atoms with Gasteiger partial charge in [-0.1, -0.05) is 11.6 Å². The molecular weight excluding hydrogens is 418 g/mol. The minimum atomic E-state index is -0.580. The van der Waals surface area contributed by atoms with Gasteiger partial charge in [-0.3, -0.25) is 14.9 Å². The van der Waals surface area contributed by atoms with Crippen LogP contribution >= 0.6 is 22.9 Å². The second kappa shape index (κ2) is 8.14. The Kier molecular flexibility index (Phi) is 5.63. The quantitative estimate of drug-likeness (QED) is 0.354. The molecule has 0 radical (unpaired) electrons. The Morgan fingerprint density at radius 3 is 2.86 bits per heavy atom. The van der Waals surface area contributed by atoms with E-state index < -0.39 is 10.8 Å². The lowest BCUT2D eigenvalue weighted by Crippen LogP contribution is -2.17. The number of hydrazone groups is 1. The van der Waals surface area contributed by atoms with Gasteiger partial charge in [-0.25, -0.2) is 5.43 Å². The number of nitriles is 1. The van der Waals surface area contributed by atoms with Crippen molar-refractivity contribution in [2.75, 3.05) is 5.73 Å². The fraction of sp³-hybridized carbons (Fsp3) is 0.0556. The van der Waals surface area contributed by atoms with Crippen molar-refractivity contribution in [1.82, 2.24) is 5.43 Å². The highest BCUT2D eigenvalue weighted by Crippen LogP contribution is 2.31. The van der Waals surface area contributed by atoms with E-state index in [1.165, 1.54) is 18.3 Å². The van der Waals surface area contributed by atoms with Crippen LogP contribution in [0, 0.1) is 28.4 Å². The smallest absolute Gasteiger partial charge is 0.288 e. The van der Waals surface area contributed by atoms with Crippen LogP contribution in [0.5, 0.6) is 0 Å². The average Bonchev–Trinajstić information content (AvgIpc) is 3.26. The summed E-state index contributed by atoms with van der Waals surface area (Å²) in [5.41, 5.74) is 9.07. The lowest BCUT2D eigenvalue weighted by atomic mass is 10.1. The van der Waals surface area contributed by atoms with Gasteiger partial charge in [0, 0.05) is 11.6 Å². The lowest BCUT2D eigenvalue weighted by Gasteiger charge is -1.99. The molecule has 1 aromatic carbocycles. The molecule has 2 aromatic heterocycles. The van der Waals surface area contributed by atoms with Gasteiger partial charge in [0.15, 0.2) is 0 Å². The van der Waals surface area contributed by atoms with Crippen LogP contribution in [0.1, 0.15) is 26.6 Å². The van der Waals surface area contributed by atoms with Gasteiger partial charge in [-0.15, -0.1) is 11.3 Å². The van der Waals surface area contributed by atoms with Gasteiger partial charge in [0.25, 0.3) is 11.6 Å². The van der Waals surface area contributed by atoms with Crippen LogP contribution in [-0.4, -0.2) is 17.0 Å². The fourth-order valence-corrected chi connectivity index (χ4v) is 3.58. The Balaban J connectivity index is 1.73. The Morgan fingerprint density at radius 2 is 2.21 bits per heavy atom. The zero-order valence-electron chi connectivity index (χ0n) is 14.8. The van der Waals surface area contributed by atoms with Gasteiger partial charge in [-0.05, 0) is 36.8 Å². The first-order valence-electron chi connectivity index (χ1n) is 7.98. The summed E-state index contributed by atoms with van der Waals surface area (Å²) in [7, 11) is 0. The molecule has 0 aliphatic heterocycles. The molecule has 3 N–H and O–H groups in total. The summed E-state index contributed by atoms with van der Waals surface area (Å²) in [5, 5.41) is 24.2. The topological polar surface area (TPSA) is 148 Å². The highest BCUT2D eigenvalue weighted by Gasteiger charge is 2.18. The molecule has 0 spiro atoms. The van der Waals surface area contributed by atoms with Gasteiger partial charge in [0.2, 0.25) is 0 Å². The number of nitrogen functional groups attached to an aromatic ring is 1. The number of anilines is 1. The van der Waals surface area contributed by atoms with Crippen molar-refractivity contribution in [3.8, 4) is 17.4 Å². The zero-order valence-corrected chi connectivity index (χ0v) is 16.4. The number of carbonyl (C=O) groups is 1. The van der Waals surface area contributed by atoms with E-state index in [1.807, 2.05) is 6.07 Å². The third kappa shape index (κ3) is 4.11. The summed E-state index contributed by atoms with van der Waals surface area (Å²) in [6, 6.07) is 9.47. The van der Waals surface area contributed by atoms with Gasteiger partial charge in [0.1, 0.15) is 32.5 Å². The van der Waals surface area contributed by atoms with Crippen LogP contribution in [0.25, 0.3) is 11.3 Å². The molecule has 146 valence electrons. The molecule has 0 fully saturated rings. The van der Waals surface area contributed by atoms with Crippen LogP contribution in [0.3, 0.4) is 0 Å². The van der Waals surface area contributed by atoms with Crippen LogP contribution < -0.4 is 11.2 Å². The first-order chi connectivity index (χ1) is 13.8. The standard InChI is InChI=1S/C18H12ClN5O4S/c1-9-12(7-20)17(21)29-16(9)18(25)23-22-8-11-3-5-15(28-11)10-2-4-13(19)14(6-10)24(26)27/h2-6,8H,21H2,1H3,(H,23,25)/b22-8-. The van der Waals surface area contributed by atoms with Gasteiger partial charge >= 0.3 is 0 Å². The normalized spacial score (nSPS) is 10.8. The second-order valence-electron chi connectivity index (χ2n) is 5.73. The summed E-state index contributed by atoms with van der Waals surface area (Å²) >= 11 is 6.81. The molecule has 0 atom stereocenters. The second-order valence-corrected chi connectivity index (χ2v) is 7.19. The highest BCUT2D eigenvalue weighted by atomic mass is 35.5. The molecule has 1 amide bonds. The van der Waals surface area contributed by atoms with E-state index in [4.69, 9.17) is 27.0 Å². The van der Waals surface area contributed by atoms with E-state index in [2.05, 4.69) is 10.5 Å². The van der Waals surface area contributed by atoms with E-state index in [-0.39, 0.29) is 21.3 Å². The molecule has 0 aliphatic carbocycles. The molecule has 0 aliphatic rings. The van der Waals surface area contributed by atoms with E-state index >= 15 is 0 Å². The molecule has 0 bridgehead atoms. The molecule has 3 aromatic rings. The van der Waals surface area contributed by atoms with Gasteiger partial charge in [-0.2, -0.15) is 10.4 Å². The van der Waals surface area contributed by atoms with Crippen LogP contribution in [0.4, 0.5) is 10.7 Å². The number of carbonyl (C=O) groups excluding carboxylic acids is 1. The van der Waals surface area contributed by atoms with Crippen molar-refractivity contribution in [2.45, 2.75) is 6.92 Å². The maximum atomic E-state index is 12.2. The summed E-state index contributed by atoms with van der Waals surface area (Å²) in [4.78, 5) is 22.9. The summed E-state index contributed by atoms with van der Waals surface area (Å²) in [6.45, 7) is 1.63. The van der Waals surface area contributed by atoms with Crippen molar-refractivity contribution in [2.24, 2.45) is 5.10 Å². The molecule has 3 rings (SSSR count). The lowest BCUT2D eigenvalue weighted by molar-refractivity contribution is -0.384. The number of rotatable bonds is 5. The molecule has 29 heavy (non-hydrogen) atoms. The highest BCUT2D eigenvalue weighted by molar-refractivity contribution is 7.18. The maximum Gasteiger partial charge on any atom is 0.288 e. The Hall–Kier alpha value is -3.68. The number of nitrogens with zero attached hydrogens (tertiary/aromatic N) is 3. The number of nitrogens with two attached hydrogens (primary N) is 1. The molecular formula is C18H12ClN5O4S. The van der Waals surface area contributed by atoms with E-state index in [0.29, 0.717) is 27.5 Å². The molecule has 2 heterocycles. The molecule has 0 saturated carbocycles. The number of hydrogen-bond acceptors (Lipinski definition) is 8. The third-order valence-corrected chi connectivity index (χ3v) is 5.34. The monoisotopic (exact) mass is 429 g/mol. The number of hydrogen-bond donors (Lipinski definition) is 2. The SMILES string of the molecule is Cc1c(C(=O)N/N=C\c2ccc(-c3ccc(Cl)c([N+](=O)[O-])c3)o2)sc(N)c1C#N. The van der Waals surface area contributed by atoms with Crippen molar-refractivity contribution in [1.29, 1.82) is 5.26 Å². The van der Waals surface area contributed by atoms with E-state index in [9.17, 15) is 14.9 Å². The molecule has 0 unspecified atom stereocenters. The van der Waals surface area contributed by atoms with Crippen LogP contribution in [-0.2, 0) is 0 Å². The van der Waals surface area contributed by atoms with Crippen molar-refractivity contribution in [3.05, 3.63) is 67.2 Å². The minimum Gasteiger partial charge on any atom is -0.455 e. The number of halogens is 1. The number of thiophene rings is 1. The first-order valence-corrected chi connectivity index (χ1v) is 9.17. The number of benzene rings is 1. The first kappa shape index (κ1) is 20.1. The zero-order chi connectivity index (χ0) is 21.1. The minimum absolute atomic E-state index is 0.0267. The molecule has 9 nitrogen and oxygen atoms in total. The fourth-order valence-electron chi connectivity index (χ4n) is 2.48. The summed E-state index contributed by atoms with van der Waals surface area (Å²) in [6.07, 6.45) is 1.28. The maximum absolute atomic E-state index is 12.2. The number of nitro benzene ring substituents is 1. The van der Waals surface area contributed by atoms with Crippen molar-refractivity contribution >= 4 is 45.7 Å². The van der Waals surface area contributed by atoms with E-state index in [1.54, 1.807) is 25.1 Å². The predicted octanol–water partition coefficient (Wildman–Crippen LogP) is 4.10. The Morgan fingerprint density at radius 1 is 1.45 bits per heavy atom. The number of furan rings is 1. The van der Waals surface area contributed by atoms with Gasteiger partial charge < -0.3 is 10.2 Å². The molecule has 0 saturated heterocycles.